The fourth-order valence-electron chi connectivity index (χ4n) is 3.58. The lowest BCUT2D eigenvalue weighted by atomic mass is 9.95. The molecule has 0 aliphatic carbocycles. The standard InChI is InChI=1S/C23H20N2O6S/c1-3-31-15-7-4-13(5-8-15)20(27)18-19(14-6-9-16(26)17(12-14)30-2)25(22(29)21(18)28)23-24-10-11-32-23/h4-12,19,26-27H,3H2,1-2H3/t19-/m1/s1. The molecule has 164 valence electrons. The van der Waals surface area contributed by atoms with Crippen LogP contribution in [0.15, 0.2) is 59.6 Å². The molecule has 9 heteroatoms. The number of aromatic nitrogens is 1. The molecule has 2 N–H and O–H groups in total. The Morgan fingerprint density at radius 3 is 2.56 bits per heavy atom. The van der Waals surface area contributed by atoms with Crippen LogP contribution in [0.4, 0.5) is 5.13 Å². The van der Waals surface area contributed by atoms with E-state index in [1.54, 1.807) is 35.7 Å². The molecule has 1 saturated heterocycles. The van der Waals surface area contributed by atoms with Gasteiger partial charge in [-0.05, 0) is 48.9 Å². The van der Waals surface area contributed by atoms with E-state index in [2.05, 4.69) is 4.98 Å². The normalized spacial score (nSPS) is 17.6. The number of phenolic OH excluding ortho intramolecular Hbond substituents is 1. The van der Waals surface area contributed by atoms with Gasteiger partial charge in [-0.15, -0.1) is 11.3 Å². The number of aliphatic hydroxyl groups is 1. The van der Waals surface area contributed by atoms with Gasteiger partial charge in [-0.2, -0.15) is 0 Å². The Labute approximate surface area is 188 Å². The number of benzene rings is 2. The van der Waals surface area contributed by atoms with Crippen LogP contribution in [0.3, 0.4) is 0 Å². The van der Waals surface area contributed by atoms with E-state index in [9.17, 15) is 19.8 Å². The first kappa shape index (κ1) is 21.4. The maximum absolute atomic E-state index is 13.1. The van der Waals surface area contributed by atoms with Gasteiger partial charge in [-0.25, -0.2) is 4.98 Å². The highest BCUT2D eigenvalue weighted by Gasteiger charge is 2.48. The molecule has 2 aromatic carbocycles. The monoisotopic (exact) mass is 452 g/mol. The number of amides is 1. The molecule has 0 saturated carbocycles. The van der Waals surface area contributed by atoms with Gasteiger partial charge in [-0.1, -0.05) is 6.07 Å². The maximum atomic E-state index is 13.1. The summed E-state index contributed by atoms with van der Waals surface area (Å²) in [6.07, 6.45) is 1.53. The molecule has 1 atom stereocenters. The average Bonchev–Trinajstić information content (AvgIpc) is 3.41. The van der Waals surface area contributed by atoms with Crippen molar-refractivity contribution in [3.8, 4) is 17.2 Å². The second kappa shape index (κ2) is 8.72. The third kappa shape index (κ3) is 3.67. The molecule has 1 aliphatic rings. The van der Waals surface area contributed by atoms with E-state index in [1.165, 1.54) is 41.7 Å². The van der Waals surface area contributed by atoms with Gasteiger partial charge < -0.3 is 19.7 Å². The zero-order chi connectivity index (χ0) is 22.8. The van der Waals surface area contributed by atoms with Gasteiger partial charge in [0.05, 0.1) is 25.3 Å². The van der Waals surface area contributed by atoms with Crippen LogP contribution in [-0.4, -0.2) is 40.6 Å². The molecule has 0 unspecified atom stereocenters. The summed E-state index contributed by atoms with van der Waals surface area (Å²) in [5.74, 6) is -1.25. The van der Waals surface area contributed by atoms with Gasteiger partial charge >= 0.3 is 5.91 Å². The number of carbonyl (C=O) groups excluding carboxylic acids is 2. The minimum atomic E-state index is -0.956. The Morgan fingerprint density at radius 2 is 1.94 bits per heavy atom. The van der Waals surface area contributed by atoms with Crippen molar-refractivity contribution in [3.63, 3.8) is 0 Å². The Bertz CT molecular complexity index is 1190. The molecule has 1 fully saturated rings. The topological polar surface area (TPSA) is 109 Å². The maximum Gasteiger partial charge on any atom is 0.301 e. The van der Waals surface area contributed by atoms with Gasteiger partial charge in [-0.3, -0.25) is 14.5 Å². The van der Waals surface area contributed by atoms with Crippen LogP contribution in [0, 0.1) is 0 Å². The van der Waals surface area contributed by atoms with Crippen LogP contribution >= 0.6 is 11.3 Å². The van der Waals surface area contributed by atoms with Gasteiger partial charge in [0.15, 0.2) is 16.6 Å². The van der Waals surface area contributed by atoms with Crippen LogP contribution in [0.5, 0.6) is 17.2 Å². The molecular formula is C23H20N2O6S. The van der Waals surface area contributed by atoms with Gasteiger partial charge in [0.25, 0.3) is 5.78 Å². The number of nitrogens with zero attached hydrogens (tertiary/aromatic N) is 2. The fourth-order valence-corrected chi connectivity index (χ4v) is 4.24. The number of ether oxygens (including phenoxy) is 2. The summed E-state index contributed by atoms with van der Waals surface area (Å²) in [7, 11) is 1.40. The quantitative estimate of drug-likeness (QED) is 0.332. The van der Waals surface area contributed by atoms with Crippen LogP contribution in [0.1, 0.15) is 24.1 Å². The number of thiazole rings is 1. The number of ketones is 1. The predicted molar refractivity (Wildman–Crippen MR) is 119 cm³/mol. The third-order valence-electron chi connectivity index (χ3n) is 5.03. The van der Waals surface area contributed by atoms with E-state index in [1.807, 2.05) is 6.92 Å². The molecular weight excluding hydrogens is 432 g/mol. The zero-order valence-electron chi connectivity index (χ0n) is 17.3. The highest BCUT2D eigenvalue weighted by atomic mass is 32.1. The molecule has 1 aromatic heterocycles. The number of phenols is 1. The fraction of sp³-hybridized carbons (Fsp3) is 0.174. The Hall–Kier alpha value is -3.85. The first-order valence-corrected chi connectivity index (χ1v) is 10.6. The lowest BCUT2D eigenvalue weighted by Gasteiger charge is -2.23. The number of methoxy groups -OCH3 is 1. The van der Waals surface area contributed by atoms with E-state index < -0.39 is 17.7 Å². The van der Waals surface area contributed by atoms with E-state index in [0.717, 1.165) is 0 Å². The number of Topliss-reactive ketones (excluding diaryl/α,β-unsaturated/α-hetero) is 1. The summed E-state index contributed by atoms with van der Waals surface area (Å²) >= 11 is 1.19. The second-order valence-electron chi connectivity index (χ2n) is 6.87. The number of aromatic hydroxyl groups is 1. The first-order chi connectivity index (χ1) is 15.5. The van der Waals surface area contributed by atoms with E-state index in [0.29, 0.717) is 28.6 Å². The summed E-state index contributed by atoms with van der Waals surface area (Å²) in [4.78, 5) is 31.5. The molecule has 4 rings (SSSR count). The van der Waals surface area contributed by atoms with Gasteiger partial charge in [0.1, 0.15) is 11.5 Å². The van der Waals surface area contributed by atoms with E-state index >= 15 is 0 Å². The van der Waals surface area contributed by atoms with Crippen LogP contribution in [0.25, 0.3) is 5.76 Å². The SMILES string of the molecule is CCOc1ccc(C(O)=C2C(=O)C(=O)N(c3nccs3)[C@@H]2c2ccc(O)c(OC)c2)cc1. The summed E-state index contributed by atoms with van der Waals surface area (Å²) < 4.78 is 10.6. The van der Waals surface area contributed by atoms with E-state index in [-0.39, 0.29) is 22.8 Å². The van der Waals surface area contributed by atoms with Crippen molar-refractivity contribution in [2.75, 3.05) is 18.6 Å². The molecule has 0 spiro atoms. The largest absolute Gasteiger partial charge is 0.507 e. The minimum absolute atomic E-state index is 0.0814. The van der Waals surface area contributed by atoms with Crippen LogP contribution in [0.2, 0.25) is 0 Å². The second-order valence-corrected chi connectivity index (χ2v) is 7.75. The number of carbonyl (C=O) groups is 2. The predicted octanol–water partition coefficient (Wildman–Crippen LogP) is 3.88. The summed E-state index contributed by atoms with van der Waals surface area (Å²) in [5.41, 5.74) is 0.755. The smallest absolute Gasteiger partial charge is 0.301 e. The molecule has 1 amide bonds. The summed E-state index contributed by atoms with van der Waals surface area (Å²) in [6.45, 7) is 2.35. The third-order valence-corrected chi connectivity index (χ3v) is 5.80. The minimum Gasteiger partial charge on any atom is -0.507 e. The van der Waals surface area contributed by atoms with Crippen molar-refractivity contribution in [2.45, 2.75) is 13.0 Å². The van der Waals surface area contributed by atoms with Crippen LogP contribution < -0.4 is 14.4 Å². The number of hydrogen-bond donors (Lipinski definition) is 2. The average molecular weight is 452 g/mol. The van der Waals surface area contributed by atoms with Crippen molar-refractivity contribution in [2.24, 2.45) is 0 Å². The van der Waals surface area contributed by atoms with Gasteiger partial charge in [0.2, 0.25) is 0 Å². The van der Waals surface area contributed by atoms with Crippen molar-refractivity contribution < 1.29 is 29.3 Å². The summed E-state index contributed by atoms with van der Waals surface area (Å²) in [6, 6.07) is 10.1. The number of anilines is 1. The van der Waals surface area contributed by atoms with Gasteiger partial charge in [0, 0.05) is 17.1 Å². The molecule has 32 heavy (non-hydrogen) atoms. The number of aliphatic hydroxyl groups excluding tert-OH is 1. The number of rotatable bonds is 6. The Balaban J connectivity index is 1.89. The molecule has 8 nitrogen and oxygen atoms in total. The Kier molecular flexibility index (Phi) is 5.83. The highest BCUT2D eigenvalue weighted by Crippen LogP contribution is 2.44. The molecule has 2 heterocycles. The highest BCUT2D eigenvalue weighted by molar-refractivity contribution is 7.14. The molecule has 0 bridgehead atoms. The Morgan fingerprint density at radius 1 is 1.19 bits per heavy atom. The lowest BCUT2D eigenvalue weighted by molar-refractivity contribution is -0.132. The zero-order valence-corrected chi connectivity index (χ0v) is 18.1. The lowest BCUT2D eigenvalue weighted by Crippen LogP contribution is -2.29. The molecule has 3 aromatic rings. The van der Waals surface area contributed by atoms with Crippen molar-refractivity contribution in [1.29, 1.82) is 0 Å². The van der Waals surface area contributed by atoms with Crippen LogP contribution in [-0.2, 0) is 9.59 Å². The van der Waals surface area contributed by atoms with E-state index in [4.69, 9.17) is 9.47 Å². The van der Waals surface area contributed by atoms with Crippen molar-refractivity contribution in [3.05, 3.63) is 70.7 Å². The van der Waals surface area contributed by atoms with Crippen molar-refractivity contribution in [1.82, 2.24) is 4.98 Å². The molecule has 0 radical (unpaired) electrons. The first-order valence-electron chi connectivity index (χ1n) is 9.76. The molecule has 1 aliphatic heterocycles. The van der Waals surface area contributed by atoms with Crippen molar-refractivity contribution >= 4 is 33.9 Å². The summed E-state index contributed by atoms with van der Waals surface area (Å²) in [5, 5.41) is 23.1. The number of hydrogen-bond acceptors (Lipinski definition) is 8.